The molecular formula is C25H21Cl3N2O2S. The van der Waals surface area contributed by atoms with Gasteiger partial charge in [-0.2, -0.15) is 0 Å². The molecule has 1 atom stereocenters. The van der Waals surface area contributed by atoms with Gasteiger partial charge in [-0.25, -0.2) is 0 Å². The highest BCUT2D eigenvalue weighted by Crippen LogP contribution is 2.41. The van der Waals surface area contributed by atoms with Gasteiger partial charge in [-0.1, -0.05) is 53.0 Å². The Morgan fingerprint density at radius 2 is 1.88 bits per heavy atom. The fourth-order valence-corrected chi connectivity index (χ4v) is 5.68. The summed E-state index contributed by atoms with van der Waals surface area (Å²) in [6.07, 6.45) is 2.36. The van der Waals surface area contributed by atoms with Crippen LogP contribution in [-0.4, -0.2) is 41.2 Å². The summed E-state index contributed by atoms with van der Waals surface area (Å²) < 4.78 is 0. The van der Waals surface area contributed by atoms with Crippen LogP contribution in [0.3, 0.4) is 0 Å². The molecule has 1 aromatic heterocycles. The Labute approximate surface area is 212 Å². The van der Waals surface area contributed by atoms with Crippen LogP contribution in [0.15, 0.2) is 66.6 Å². The van der Waals surface area contributed by atoms with E-state index < -0.39 is 0 Å². The Bertz CT molecular complexity index is 1210. The van der Waals surface area contributed by atoms with Gasteiger partial charge in [-0.05, 0) is 59.3 Å². The van der Waals surface area contributed by atoms with Crippen LogP contribution in [0.4, 0.5) is 0 Å². The van der Waals surface area contributed by atoms with Gasteiger partial charge >= 0.3 is 0 Å². The largest absolute Gasteiger partial charge is 0.330 e. The molecule has 1 aliphatic heterocycles. The highest BCUT2D eigenvalue weighted by molar-refractivity contribution is 7.10. The van der Waals surface area contributed by atoms with E-state index in [0.717, 1.165) is 17.5 Å². The number of benzene rings is 2. The fraction of sp³-hybridized carbons (Fsp3) is 0.200. The van der Waals surface area contributed by atoms with E-state index in [-0.39, 0.29) is 30.9 Å². The third-order valence-electron chi connectivity index (χ3n) is 5.58. The van der Waals surface area contributed by atoms with Crippen molar-refractivity contribution in [3.8, 4) is 0 Å². The third kappa shape index (κ3) is 5.12. The zero-order valence-electron chi connectivity index (χ0n) is 17.6. The number of hydrogen-bond donors (Lipinski definition) is 0. The average molecular weight is 520 g/mol. The molecule has 4 rings (SSSR count). The molecule has 2 heterocycles. The van der Waals surface area contributed by atoms with E-state index >= 15 is 0 Å². The molecule has 4 nitrogen and oxygen atoms in total. The summed E-state index contributed by atoms with van der Waals surface area (Å²) in [5.41, 5.74) is 2.29. The predicted octanol–water partition coefficient (Wildman–Crippen LogP) is 6.51. The van der Waals surface area contributed by atoms with Gasteiger partial charge in [0.2, 0.25) is 5.91 Å². The minimum Gasteiger partial charge on any atom is -0.330 e. The number of amides is 2. The molecule has 2 amide bonds. The molecule has 170 valence electrons. The molecule has 8 heteroatoms. The van der Waals surface area contributed by atoms with Gasteiger partial charge < -0.3 is 9.80 Å². The second-order valence-electron chi connectivity index (χ2n) is 7.69. The summed E-state index contributed by atoms with van der Waals surface area (Å²) in [6.45, 7) is 4.43. The number of nitrogens with zero attached hydrogens (tertiary/aromatic N) is 2. The number of thiophene rings is 1. The first-order valence-corrected chi connectivity index (χ1v) is 12.4. The molecule has 0 saturated carbocycles. The van der Waals surface area contributed by atoms with Crippen LogP contribution in [0.1, 0.15) is 32.4 Å². The minimum atomic E-state index is -0.343. The average Bonchev–Trinajstić information content (AvgIpc) is 3.27. The normalized spacial score (nSPS) is 15.1. The quantitative estimate of drug-likeness (QED) is 0.348. The van der Waals surface area contributed by atoms with Crippen molar-refractivity contribution in [1.29, 1.82) is 0 Å². The van der Waals surface area contributed by atoms with E-state index in [4.69, 9.17) is 34.8 Å². The second kappa shape index (κ2) is 10.3. The summed E-state index contributed by atoms with van der Waals surface area (Å²) in [6, 6.07) is 13.7. The lowest BCUT2D eigenvalue weighted by molar-refractivity contribution is -0.133. The van der Waals surface area contributed by atoms with Gasteiger partial charge in [-0.3, -0.25) is 9.59 Å². The zero-order valence-corrected chi connectivity index (χ0v) is 20.7. The lowest BCUT2D eigenvalue weighted by Gasteiger charge is -2.38. The van der Waals surface area contributed by atoms with Gasteiger partial charge in [-0.15, -0.1) is 17.9 Å². The SMILES string of the molecule is C=CCN(CC(=O)N1CCc2sccc2C1c1ccc(Cl)cc1Cl)C(=O)c1cccc(Cl)c1. The molecule has 3 aromatic rings. The molecule has 0 N–H and O–H groups in total. The first-order chi connectivity index (χ1) is 15.9. The van der Waals surface area contributed by atoms with Crippen molar-refractivity contribution in [2.45, 2.75) is 12.5 Å². The van der Waals surface area contributed by atoms with E-state index in [2.05, 4.69) is 6.58 Å². The van der Waals surface area contributed by atoms with E-state index in [1.807, 2.05) is 17.5 Å². The minimum absolute atomic E-state index is 0.0848. The number of hydrogen-bond acceptors (Lipinski definition) is 3. The highest BCUT2D eigenvalue weighted by Gasteiger charge is 2.35. The van der Waals surface area contributed by atoms with Gasteiger partial charge in [0.1, 0.15) is 6.54 Å². The summed E-state index contributed by atoms with van der Waals surface area (Å²) in [7, 11) is 0. The first-order valence-electron chi connectivity index (χ1n) is 10.4. The van der Waals surface area contributed by atoms with E-state index in [1.165, 1.54) is 9.78 Å². The first kappa shape index (κ1) is 23.8. The van der Waals surface area contributed by atoms with Gasteiger partial charge in [0, 0.05) is 38.6 Å². The maximum absolute atomic E-state index is 13.6. The maximum atomic E-state index is 13.6. The topological polar surface area (TPSA) is 40.6 Å². The summed E-state index contributed by atoms with van der Waals surface area (Å²) in [5.74, 6) is -0.444. The van der Waals surface area contributed by atoms with Crippen molar-refractivity contribution in [3.05, 3.63) is 103 Å². The van der Waals surface area contributed by atoms with Gasteiger partial charge in [0.05, 0.1) is 6.04 Å². The predicted molar refractivity (Wildman–Crippen MR) is 136 cm³/mol. The lowest BCUT2D eigenvalue weighted by Crippen LogP contribution is -2.46. The number of carbonyl (C=O) groups excluding carboxylic acids is 2. The molecule has 0 fully saturated rings. The monoisotopic (exact) mass is 518 g/mol. The number of halogens is 3. The number of carbonyl (C=O) groups is 2. The molecule has 2 aromatic carbocycles. The van der Waals surface area contributed by atoms with Crippen molar-refractivity contribution >= 4 is 58.0 Å². The molecule has 0 radical (unpaired) electrons. The summed E-state index contributed by atoms with van der Waals surface area (Å²) >= 11 is 20.4. The van der Waals surface area contributed by atoms with Crippen LogP contribution >= 0.6 is 46.1 Å². The van der Waals surface area contributed by atoms with E-state index in [0.29, 0.717) is 27.2 Å². The van der Waals surface area contributed by atoms with Crippen molar-refractivity contribution in [1.82, 2.24) is 9.80 Å². The van der Waals surface area contributed by atoms with Crippen LogP contribution in [0.5, 0.6) is 0 Å². The molecule has 1 unspecified atom stereocenters. The highest BCUT2D eigenvalue weighted by atomic mass is 35.5. The molecule has 1 aliphatic rings. The van der Waals surface area contributed by atoms with Crippen molar-refractivity contribution in [2.24, 2.45) is 0 Å². The Balaban J connectivity index is 1.65. The molecule has 33 heavy (non-hydrogen) atoms. The van der Waals surface area contributed by atoms with Gasteiger partial charge in [0.25, 0.3) is 5.91 Å². The smallest absolute Gasteiger partial charge is 0.254 e. The molecule has 0 aliphatic carbocycles. The van der Waals surface area contributed by atoms with Crippen LogP contribution in [0.2, 0.25) is 15.1 Å². The van der Waals surface area contributed by atoms with Crippen molar-refractivity contribution in [2.75, 3.05) is 19.6 Å². The standard InChI is InChI=1S/C25H21Cl3N2O2S/c1-2-10-29(25(32)16-4-3-5-17(26)13-16)15-23(31)30-11-8-22-20(9-12-33-22)24(30)19-7-6-18(27)14-21(19)28/h2-7,9,12-14,24H,1,8,10-11,15H2. The van der Waals surface area contributed by atoms with Crippen LogP contribution < -0.4 is 0 Å². The van der Waals surface area contributed by atoms with Crippen LogP contribution in [0.25, 0.3) is 0 Å². The third-order valence-corrected chi connectivity index (χ3v) is 7.37. The zero-order chi connectivity index (χ0) is 23.5. The second-order valence-corrected chi connectivity index (χ2v) is 9.97. The van der Waals surface area contributed by atoms with Crippen LogP contribution in [-0.2, 0) is 11.2 Å². The molecule has 0 saturated heterocycles. The van der Waals surface area contributed by atoms with Crippen LogP contribution in [0, 0.1) is 0 Å². The number of fused-ring (bicyclic) bond motifs is 1. The molecule has 0 bridgehead atoms. The molecule has 0 spiro atoms. The Hall–Kier alpha value is -2.31. The van der Waals surface area contributed by atoms with Gasteiger partial charge in [0.15, 0.2) is 0 Å². The van der Waals surface area contributed by atoms with Crippen molar-refractivity contribution in [3.63, 3.8) is 0 Å². The van der Waals surface area contributed by atoms with E-state index in [9.17, 15) is 9.59 Å². The molecular weight excluding hydrogens is 499 g/mol. The maximum Gasteiger partial charge on any atom is 0.254 e. The Kier molecular flexibility index (Phi) is 7.45. The summed E-state index contributed by atoms with van der Waals surface area (Å²) in [5, 5.41) is 3.53. The Morgan fingerprint density at radius 1 is 1.09 bits per heavy atom. The number of rotatable bonds is 6. The fourth-order valence-electron chi connectivity index (χ4n) is 4.08. The Morgan fingerprint density at radius 3 is 2.61 bits per heavy atom. The summed E-state index contributed by atoms with van der Waals surface area (Å²) in [4.78, 5) is 31.2. The van der Waals surface area contributed by atoms with Crippen molar-refractivity contribution < 1.29 is 9.59 Å². The van der Waals surface area contributed by atoms with E-state index in [1.54, 1.807) is 58.7 Å². The lowest BCUT2D eigenvalue weighted by atomic mass is 9.93.